The molecule has 0 aromatic heterocycles. The highest BCUT2D eigenvalue weighted by molar-refractivity contribution is 9.53. The molecule has 0 amide bonds. The van der Waals surface area contributed by atoms with Crippen LogP contribution in [-0.2, 0) is 13.4 Å². The molecule has 0 rings (SSSR count). The van der Waals surface area contributed by atoms with E-state index >= 15 is 9.46 Å². The maximum Gasteiger partial charge on any atom is 0.271 e. The van der Waals surface area contributed by atoms with E-state index in [4.69, 9.17) is 14.6 Å². The molecule has 84 heavy (non-hydrogen) atoms. The van der Waals surface area contributed by atoms with Crippen LogP contribution in [0.5, 0.6) is 0 Å². The minimum Gasteiger partial charge on any atom is -0.756 e. The zero-order chi connectivity index (χ0) is 66.1. The van der Waals surface area contributed by atoms with Crippen molar-refractivity contribution in [1.29, 1.82) is 0 Å². The molecule has 0 aliphatic carbocycles. The van der Waals surface area contributed by atoms with Gasteiger partial charge in [0.1, 0.15) is 7.53 Å². The van der Waals surface area contributed by atoms with Gasteiger partial charge in [-0.05, 0) is 215 Å². The second-order valence-corrected chi connectivity index (χ2v) is 311. The van der Waals surface area contributed by atoms with Crippen LogP contribution in [0.4, 0.5) is 0 Å². The van der Waals surface area contributed by atoms with Crippen LogP contribution < -0.4 is 10.6 Å². The Morgan fingerprint density at radius 3 is 0.679 bits per heavy atom. The smallest absolute Gasteiger partial charge is 0.271 e. The van der Waals surface area contributed by atoms with E-state index in [0.717, 1.165) is 27.2 Å². The molecular weight excluding hydrogens is 2410 g/mol. The fraction of sp³-hybridized carbons (Fsp3) is 1.00. The standard InChI is InChI=1S/C6H88NO4P73/c7-5-3-1-2-4-6-10-84(8,9)11-49(68(79(70(50(13)14)51(15)16)71(52(17)18)53(19)20)80(72(54(21)22)55(23)24)73(56(25)26)57(27)28)69(81(74(58(29)30)59(31)32)75(60(33)34)61(35)36)82(78(66(45)46)67(47)48-12)83(76(62(37)38)63(39)40)77(64(41)42)65(43)44/h48H,1-7,12-47H2,(H,8,9)/p-1. The highest BCUT2D eigenvalue weighted by Crippen LogP contribution is 3.49. The predicted molar refractivity (Wildman–Crippen MR) is 642 cm³/mol. The Morgan fingerprint density at radius 2 is 0.488 bits per heavy atom. The van der Waals surface area contributed by atoms with E-state index in [-0.39, 0.29) is 6.61 Å². The number of phosphoric ester groups is 1. The Balaban J connectivity index is 12.2. The molecule has 0 heterocycles. The van der Waals surface area contributed by atoms with Crippen molar-refractivity contribution in [2.75, 3.05) is 13.2 Å². The summed E-state index contributed by atoms with van der Waals surface area (Å²) in [5.41, 5.74) is 6.02. The van der Waals surface area contributed by atoms with Crippen LogP contribution in [0.3, 0.4) is 0 Å². The molecule has 43 atom stereocenters. The SMILES string of the molecule is NCCCCCCOP(=O)([O-])OP(P(P(P(P(P)P)P(P)P)P(P(P)P)P(P)P)P(P(P(P)P)P(P)P)P(P(P)P)P(P)P)P(P(P(P(P)P)P(P)P)P(P(P)P)P(P)P)P(P(P(P)P)P(P)PP)P(P(P(P)P)P(P)P)P(P(P)P)P(P)P. The van der Waals surface area contributed by atoms with E-state index in [9.17, 15) is 0 Å². The van der Waals surface area contributed by atoms with E-state index in [1.807, 2.05) is 0 Å². The third-order valence-electron chi connectivity index (χ3n) is 7.90. The molecule has 0 bridgehead atoms. The van der Waals surface area contributed by atoms with Gasteiger partial charge < -0.3 is 15.2 Å². The van der Waals surface area contributed by atoms with Crippen molar-refractivity contribution in [3.8, 4) is 0 Å². The van der Waals surface area contributed by atoms with Gasteiger partial charge >= 0.3 is 0 Å². The van der Waals surface area contributed by atoms with Crippen molar-refractivity contribution in [3.63, 3.8) is 0 Å². The molecule has 0 aromatic rings. The van der Waals surface area contributed by atoms with Crippen LogP contribution in [-0.4, -0.2) is 13.2 Å². The predicted octanol–water partition coefficient (Wildman–Crippen LogP) is 42.9. The van der Waals surface area contributed by atoms with Gasteiger partial charge in [-0.3, -0.25) is 8.88 Å². The third-order valence-corrected chi connectivity index (χ3v) is 514. The monoisotopic (exact) mass is 2500 g/mol. The van der Waals surface area contributed by atoms with E-state index in [1.54, 1.807) is 0 Å². The van der Waals surface area contributed by atoms with Crippen molar-refractivity contribution >= 4 is 582 Å². The molecule has 0 radical (unpaired) electrons. The normalized spacial score (nSPS) is 16.8. The first-order valence-corrected chi connectivity index (χ1v) is 153. The third kappa shape index (κ3) is 42.3. The first kappa shape index (κ1) is 115. The lowest BCUT2D eigenvalue weighted by Gasteiger charge is -2.60. The summed E-state index contributed by atoms with van der Waals surface area (Å²) in [5.74, 6) is 0. The molecular formula is C6H87NO4P73-. The highest BCUT2D eigenvalue weighted by Gasteiger charge is 2.64. The number of unbranched alkanes of at least 4 members (excludes halogenated alkanes) is 3. The van der Waals surface area contributed by atoms with E-state index in [1.165, 1.54) is 0 Å². The zero-order valence-electron chi connectivity index (χ0n) is 43.8. The maximum absolute atomic E-state index is 16.6. The van der Waals surface area contributed by atoms with Crippen molar-refractivity contribution in [2.45, 2.75) is 25.7 Å². The molecule has 0 spiro atoms. The Labute approximate surface area is 635 Å². The average Bonchev–Trinajstić information content (AvgIpc) is 3.29. The average molecular weight is 2500 g/mol. The van der Waals surface area contributed by atoms with Gasteiger partial charge in [-0.15, -0.1) is 321 Å². The number of phosphoric acid groups is 1. The highest BCUT2D eigenvalue weighted by atomic mass is 33.6. The van der Waals surface area contributed by atoms with Gasteiger partial charge in [0.05, 0.1) is 6.61 Å². The van der Waals surface area contributed by atoms with Crippen LogP contribution in [0, 0.1) is 0 Å². The summed E-state index contributed by atoms with van der Waals surface area (Å²) in [7, 11) is 120. The number of hydrogen-bond acceptors (Lipinski definition) is 5. The lowest BCUT2D eigenvalue weighted by molar-refractivity contribution is -0.216. The van der Waals surface area contributed by atoms with Gasteiger partial charge in [-0.25, -0.2) is 0 Å². The first-order chi connectivity index (χ1) is 38.5. The summed E-state index contributed by atoms with van der Waals surface area (Å²) in [5, 5.41) is 0. The molecule has 0 saturated carbocycles. The van der Waals surface area contributed by atoms with Gasteiger partial charge in [0, 0.05) is 41.9 Å². The van der Waals surface area contributed by atoms with Crippen molar-refractivity contribution < 1.29 is 18.3 Å². The lowest BCUT2D eigenvalue weighted by atomic mass is 10.2. The summed E-state index contributed by atoms with van der Waals surface area (Å²) in [6.07, 6.45) is 3.46. The molecule has 78 heteroatoms. The Kier molecular flexibility index (Phi) is 87.5. The first-order valence-electron chi connectivity index (χ1n) is 20.5. The van der Waals surface area contributed by atoms with Gasteiger partial charge in [0.2, 0.25) is 0 Å². The second kappa shape index (κ2) is 63.9. The van der Waals surface area contributed by atoms with Crippen LogP contribution in [0.1, 0.15) is 25.7 Å². The van der Waals surface area contributed by atoms with Crippen molar-refractivity contribution in [2.24, 2.45) is 5.73 Å². The summed E-state index contributed by atoms with van der Waals surface area (Å²) in [6.45, 7) is -20.4. The van der Waals surface area contributed by atoms with Crippen LogP contribution in [0.15, 0.2) is 0 Å². The van der Waals surface area contributed by atoms with Crippen molar-refractivity contribution in [3.05, 3.63) is 0 Å². The van der Waals surface area contributed by atoms with Crippen molar-refractivity contribution in [1.82, 2.24) is 0 Å². The van der Waals surface area contributed by atoms with E-state index in [2.05, 4.69) is 321 Å². The Bertz CT molecular complexity index is 1560. The quantitative estimate of drug-likeness (QED) is 0.0485. The minimum atomic E-state index is -4.96. The summed E-state index contributed by atoms with van der Waals surface area (Å²) in [6, 6.07) is 0. The van der Waals surface area contributed by atoms with E-state index < -0.39 is 253 Å². The molecule has 5 nitrogen and oxygen atoms in total. The fourth-order valence-corrected chi connectivity index (χ4v) is 1040. The van der Waals surface area contributed by atoms with Gasteiger partial charge in [0.25, 0.3) is 7.82 Å². The maximum atomic E-state index is 16.6. The van der Waals surface area contributed by atoms with E-state index in [0.29, 0.717) is 13.0 Å². The summed E-state index contributed by atoms with van der Waals surface area (Å²) < 4.78 is 31.7. The number of nitrogens with two attached hydrogens (primary N) is 1. The number of hydrogen-bond donors (Lipinski definition) is 1. The van der Waals surface area contributed by atoms with Crippen LogP contribution in [0.2, 0.25) is 0 Å². The topological polar surface area (TPSA) is 84.6 Å². The van der Waals surface area contributed by atoms with Gasteiger partial charge in [0.15, 0.2) is 0 Å². The number of rotatable bonds is 44. The molecule has 506 valence electrons. The molecule has 0 saturated heterocycles. The minimum absolute atomic E-state index is 0.158. The fourth-order valence-electron chi connectivity index (χ4n) is 5.29. The largest absolute Gasteiger partial charge is 0.756 e. The second-order valence-electron chi connectivity index (χ2n) is 14.0. The van der Waals surface area contributed by atoms with Gasteiger partial charge in [-0.1, -0.05) is 20.8 Å². The Hall–Kier alpha value is 31.0. The van der Waals surface area contributed by atoms with Gasteiger partial charge in [-0.2, -0.15) is 0 Å². The van der Waals surface area contributed by atoms with Crippen LogP contribution in [0.25, 0.3) is 0 Å². The summed E-state index contributed by atoms with van der Waals surface area (Å²) >= 11 is 0. The lowest BCUT2D eigenvalue weighted by Crippen LogP contribution is -2.07. The molecule has 0 fully saturated rings. The molecule has 0 aliphatic heterocycles. The molecule has 0 aromatic carbocycles. The molecule has 43 unspecified atom stereocenters. The summed E-state index contributed by atoms with van der Waals surface area (Å²) in [4.78, 5) is 16.6. The zero-order valence-corrected chi connectivity index (χ0v) is 119. The molecule has 0 aliphatic rings. The Morgan fingerprint density at radius 1 is 0.298 bits per heavy atom. The van der Waals surface area contributed by atoms with Crippen LogP contribution >= 0.6 is 582 Å². The molecule has 2 N–H and O–H groups in total.